The van der Waals surface area contributed by atoms with Crippen LogP contribution in [-0.4, -0.2) is 29.6 Å². The summed E-state index contributed by atoms with van der Waals surface area (Å²) in [6.45, 7) is 2.50. The molecule has 0 saturated heterocycles. The molecule has 2 aromatic heterocycles. The number of nitrogens with zero attached hydrogens (tertiary/aromatic N) is 3. The minimum atomic E-state index is -0.232. The number of benzene rings is 2. The zero-order valence-corrected chi connectivity index (χ0v) is 23.0. The summed E-state index contributed by atoms with van der Waals surface area (Å²) >= 11 is 8.29. The van der Waals surface area contributed by atoms with Gasteiger partial charge < -0.3 is 19.7 Å². The highest BCUT2D eigenvalue weighted by molar-refractivity contribution is 7.15. The molecule has 3 heterocycles. The number of hydrogen-bond acceptors (Lipinski definition) is 3. The lowest BCUT2D eigenvalue weighted by atomic mass is 9.95. The van der Waals surface area contributed by atoms with Gasteiger partial charge in [0.1, 0.15) is 5.00 Å². The summed E-state index contributed by atoms with van der Waals surface area (Å²) in [4.78, 5) is 19.7. The molecule has 37 heavy (non-hydrogen) atoms. The molecule has 2 aliphatic rings. The van der Waals surface area contributed by atoms with Gasteiger partial charge in [0.15, 0.2) is 0 Å². The van der Waals surface area contributed by atoms with Crippen molar-refractivity contribution in [2.24, 2.45) is 0 Å². The van der Waals surface area contributed by atoms with Gasteiger partial charge in [-0.1, -0.05) is 29.8 Å². The minimum Gasteiger partial charge on any atom is -0.378 e. The highest BCUT2D eigenvalue weighted by atomic mass is 35.5. The maximum Gasteiger partial charge on any atom is 0.322 e. The molecule has 1 atom stereocenters. The zero-order valence-electron chi connectivity index (χ0n) is 21.4. The Morgan fingerprint density at radius 3 is 2.59 bits per heavy atom. The summed E-state index contributed by atoms with van der Waals surface area (Å²) in [7, 11) is 4.08. The van der Waals surface area contributed by atoms with Crippen LogP contribution in [-0.2, 0) is 19.4 Å². The van der Waals surface area contributed by atoms with E-state index in [0.717, 1.165) is 41.0 Å². The third-order valence-electron chi connectivity index (χ3n) is 7.67. The van der Waals surface area contributed by atoms with Gasteiger partial charge in [-0.15, -0.1) is 11.3 Å². The Morgan fingerprint density at radius 1 is 1.03 bits per heavy atom. The molecule has 1 unspecified atom stereocenters. The molecule has 190 valence electrons. The smallest absolute Gasteiger partial charge is 0.322 e. The van der Waals surface area contributed by atoms with Gasteiger partial charge in [-0.2, -0.15) is 0 Å². The number of aryl methyl sites for hydroxylation is 1. The molecule has 0 spiro atoms. The van der Waals surface area contributed by atoms with E-state index in [0.29, 0.717) is 11.6 Å². The Balaban J connectivity index is 1.49. The average Bonchev–Trinajstić information content (AvgIpc) is 3.48. The fourth-order valence-corrected chi connectivity index (χ4v) is 7.20. The Bertz CT molecular complexity index is 1470. The van der Waals surface area contributed by atoms with Crippen LogP contribution in [0.15, 0.2) is 60.8 Å². The topological polar surface area (TPSA) is 40.5 Å². The molecule has 7 heteroatoms. The molecule has 0 bridgehead atoms. The van der Waals surface area contributed by atoms with Crippen molar-refractivity contribution in [1.29, 1.82) is 0 Å². The van der Waals surface area contributed by atoms with E-state index >= 15 is 0 Å². The summed E-state index contributed by atoms with van der Waals surface area (Å²) in [6.07, 6.45) is 6.82. The molecule has 0 saturated carbocycles. The van der Waals surface area contributed by atoms with E-state index in [4.69, 9.17) is 11.6 Å². The molecule has 0 radical (unpaired) electrons. The van der Waals surface area contributed by atoms with E-state index in [2.05, 4.69) is 57.4 Å². The number of hydrogen-bond donors (Lipinski definition) is 1. The number of amides is 2. The first kappa shape index (κ1) is 24.1. The predicted molar refractivity (Wildman–Crippen MR) is 154 cm³/mol. The lowest BCUT2D eigenvalue weighted by molar-refractivity contribution is 0.194. The largest absolute Gasteiger partial charge is 0.378 e. The number of carbonyl (C=O) groups is 1. The Kier molecular flexibility index (Phi) is 6.25. The van der Waals surface area contributed by atoms with Crippen LogP contribution in [0.2, 0.25) is 5.02 Å². The number of halogens is 1. The van der Waals surface area contributed by atoms with E-state index in [-0.39, 0.29) is 12.1 Å². The second-order valence-electron chi connectivity index (χ2n) is 10.2. The highest BCUT2D eigenvalue weighted by Gasteiger charge is 2.36. The first-order valence-corrected chi connectivity index (χ1v) is 14.0. The van der Waals surface area contributed by atoms with Crippen molar-refractivity contribution in [3.8, 4) is 5.00 Å². The second kappa shape index (κ2) is 9.58. The van der Waals surface area contributed by atoms with Crippen molar-refractivity contribution < 1.29 is 4.79 Å². The maximum absolute atomic E-state index is 14.1. The third-order valence-corrected chi connectivity index (χ3v) is 9.42. The molecule has 1 aliphatic heterocycles. The normalized spacial score (nSPS) is 16.4. The number of anilines is 2. The molecule has 5 nitrogen and oxygen atoms in total. The Morgan fingerprint density at radius 2 is 1.81 bits per heavy atom. The Hall–Kier alpha value is -3.22. The molecule has 6 rings (SSSR count). The van der Waals surface area contributed by atoms with Gasteiger partial charge in [-0.25, -0.2) is 4.79 Å². The molecular formula is C30H31ClN4OS. The van der Waals surface area contributed by atoms with Gasteiger partial charge in [0, 0.05) is 47.1 Å². The van der Waals surface area contributed by atoms with Crippen molar-refractivity contribution in [2.75, 3.05) is 24.3 Å². The number of urea groups is 1. The van der Waals surface area contributed by atoms with Crippen molar-refractivity contribution in [2.45, 2.75) is 45.2 Å². The second-order valence-corrected chi connectivity index (χ2v) is 11.6. The monoisotopic (exact) mass is 530 g/mol. The van der Waals surface area contributed by atoms with E-state index in [1.807, 2.05) is 55.5 Å². The third kappa shape index (κ3) is 4.22. The summed E-state index contributed by atoms with van der Waals surface area (Å²) in [5.41, 5.74) is 7.68. The quantitative estimate of drug-likeness (QED) is 0.296. The first-order chi connectivity index (χ1) is 17.9. The van der Waals surface area contributed by atoms with Crippen LogP contribution in [0.1, 0.15) is 51.7 Å². The van der Waals surface area contributed by atoms with Crippen LogP contribution in [0.5, 0.6) is 0 Å². The fraction of sp³-hybridized carbons (Fsp3) is 0.300. The summed E-state index contributed by atoms with van der Waals surface area (Å²) in [5.74, 6) is 0. The van der Waals surface area contributed by atoms with Gasteiger partial charge in [-0.05, 0) is 85.7 Å². The highest BCUT2D eigenvalue weighted by Crippen LogP contribution is 2.44. The maximum atomic E-state index is 14.1. The standard InChI is InChI=1S/C30H31ClN4OS/c1-19-24(31)9-6-10-25(19)32-30(36)35-18-23-22-8-4-5-12-27(22)37-29(23)34-17-7-11-26(34)28(35)20-13-15-21(16-14-20)33(2)3/h6-7,9-11,13-17,28H,4-5,8,12,18H2,1-3H3,(H,32,36). The predicted octanol–water partition coefficient (Wildman–Crippen LogP) is 7.58. The Labute approximate surface area is 227 Å². The van der Waals surface area contributed by atoms with E-state index in [1.165, 1.54) is 33.8 Å². The SMILES string of the molecule is Cc1c(Cl)cccc1NC(=O)N1Cc2c(sc3c2CCCC3)-n2cccc2C1c1ccc(N(C)C)cc1. The van der Waals surface area contributed by atoms with Crippen LogP contribution in [0.3, 0.4) is 0 Å². The number of rotatable bonds is 3. The summed E-state index contributed by atoms with van der Waals surface area (Å²) in [6, 6.07) is 18.1. The van der Waals surface area contributed by atoms with E-state index in [1.54, 1.807) is 0 Å². The number of aromatic nitrogens is 1. The first-order valence-electron chi connectivity index (χ1n) is 12.8. The lowest BCUT2D eigenvalue weighted by Gasteiger charge is -2.32. The number of thiophene rings is 1. The van der Waals surface area contributed by atoms with Gasteiger partial charge in [-0.3, -0.25) is 0 Å². The van der Waals surface area contributed by atoms with Crippen molar-refractivity contribution in [3.63, 3.8) is 0 Å². The minimum absolute atomic E-state index is 0.122. The average molecular weight is 531 g/mol. The van der Waals surface area contributed by atoms with E-state index < -0.39 is 0 Å². The molecule has 0 fully saturated rings. The molecule has 1 N–H and O–H groups in total. The van der Waals surface area contributed by atoms with Crippen LogP contribution in [0.4, 0.5) is 16.2 Å². The lowest BCUT2D eigenvalue weighted by Crippen LogP contribution is -2.38. The molecular weight excluding hydrogens is 500 g/mol. The number of carbonyl (C=O) groups excluding carboxylic acids is 1. The van der Waals surface area contributed by atoms with Crippen molar-refractivity contribution >= 4 is 40.3 Å². The van der Waals surface area contributed by atoms with Crippen LogP contribution in [0, 0.1) is 6.92 Å². The molecule has 2 aromatic carbocycles. The van der Waals surface area contributed by atoms with Crippen LogP contribution in [0.25, 0.3) is 5.00 Å². The summed E-state index contributed by atoms with van der Waals surface area (Å²) in [5, 5.41) is 5.10. The number of fused-ring (bicyclic) bond motifs is 5. The molecule has 4 aromatic rings. The van der Waals surface area contributed by atoms with Crippen molar-refractivity contribution in [1.82, 2.24) is 9.47 Å². The van der Waals surface area contributed by atoms with Crippen molar-refractivity contribution in [3.05, 3.63) is 98.6 Å². The van der Waals surface area contributed by atoms with Gasteiger partial charge >= 0.3 is 6.03 Å². The van der Waals surface area contributed by atoms with Gasteiger partial charge in [0.05, 0.1) is 18.3 Å². The van der Waals surface area contributed by atoms with Gasteiger partial charge in [0.2, 0.25) is 0 Å². The molecule has 2 amide bonds. The van der Waals surface area contributed by atoms with E-state index in [9.17, 15) is 4.79 Å². The van der Waals surface area contributed by atoms with Crippen LogP contribution >= 0.6 is 22.9 Å². The summed E-state index contributed by atoms with van der Waals surface area (Å²) < 4.78 is 2.32. The fourth-order valence-electron chi connectivity index (χ4n) is 5.62. The zero-order chi connectivity index (χ0) is 25.7. The molecule has 1 aliphatic carbocycles. The number of nitrogens with one attached hydrogen (secondary N) is 1. The van der Waals surface area contributed by atoms with Gasteiger partial charge in [0.25, 0.3) is 0 Å². The van der Waals surface area contributed by atoms with Crippen LogP contribution < -0.4 is 10.2 Å².